The minimum atomic E-state index is -0.539. The summed E-state index contributed by atoms with van der Waals surface area (Å²) >= 11 is 0. The Kier molecular flexibility index (Phi) is 11.1. The minimum Gasteiger partial charge on any atom is -0.495 e. The van der Waals surface area contributed by atoms with Crippen LogP contribution in [0.25, 0.3) is 0 Å². The first kappa shape index (κ1) is 25.4. The van der Waals surface area contributed by atoms with Crippen LogP contribution in [-0.2, 0) is 23.8 Å². The number of esters is 2. The molecule has 0 aromatic heterocycles. The first-order chi connectivity index (χ1) is 14.9. The number of unbranched alkanes of at least 4 members (excludes halogenated alkanes) is 3. The Labute approximate surface area is 185 Å². The Morgan fingerprint density at radius 3 is 2.74 bits per heavy atom. The fourth-order valence-electron chi connectivity index (χ4n) is 4.26. The van der Waals surface area contributed by atoms with Crippen molar-refractivity contribution in [2.75, 3.05) is 13.2 Å². The van der Waals surface area contributed by atoms with Crippen LogP contribution in [0.4, 0.5) is 0 Å². The molecule has 1 saturated heterocycles. The zero-order chi connectivity index (χ0) is 22.6. The summed E-state index contributed by atoms with van der Waals surface area (Å²) in [5.74, 6) is 0.165. The Bertz CT molecular complexity index is 627. The van der Waals surface area contributed by atoms with Gasteiger partial charge in [-0.15, -0.1) is 0 Å². The maximum Gasteiger partial charge on any atom is 0.344 e. The zero-order valence-corrected chi connectivity index (χ0v) is 18.8. The Balaban J connectivity index is 1.71. The molecule has 7 heteroatoms. The molecule has 0 amide bonds. The normalized spacial score (nSPS) is 27.3. The van der Waals surface area contributed by atoms with Gasteiger partial charge >= 0.3 is 11.9 Å². The Morgan fingerprint density at radius 2 is 2.00 bits per heavy atom. The second-order valence-corrected chi connectivity index (χ2v) is 8.38. The molecule has 0 aromatic rings. The molecule has 0 aromatic carbocycles. The number of rotatable bonds is 13. The van der Waals surface area contributed by atoms with E-state index in [9.17, 15) is 19.8 Å². The third-order valence-corrected chi connectivity index (χ3v) is 5.90. The molecule has 31 heavy (non-hydrogen) atoms. The number of aliphatic hydroxyl groups is 2. The van der Waals surface area contributed by atoms with Crippen molar-refractivity contribution in [3.63, 3.8) is 0 Å². The van der Waals surface area contributed by atoms with E-state index in [1.54, 1.807) is 6.92 Å². The van der Waals surface area contributed by atoms with E-state index >= 15 is 0 Å². The summed E-state index contributed by atoms with van der Waals surface area (Å²) in [7, 11) is 0. The van der Waals surface area contributed by atoms with Gasteiger partial charge in [0.15, 0.2) is 6.61 Å². The van der Waals surface area contributed by atoms with Crippen molar-refractivity contribution in [1.82, 2.24) is 0 Å². The van der Waals surface area contributed by atoms with Crippen LogP contribution in [0.15, 0.2) is 24.0 Å². The molecule has 2 rings (SSSR count). The smallest absolute Gasteiger partial charge is 0.344 e. The molecule has 5 atom stereocenters. The second-order valence-electron chi connectivity index (χ2n) is 8.38. The highest BCUT2D eigenvalue weighted by Gasteiger charge is 2.46. The molecular formula is C24H38O7. The van der Waals surface area contributed by atoms with Gasteiger partial charge in [0.25, 0.3) is 0 Å². The SMILES string of the molecule is CCCCC[C@H](O)/C=C/[C@@H]1[C@H]2C/C(=C/CCCC(=O)OCC(=O)OCC)O[C@H]2C[C@H]1O. The monoisotopic (exact) mass is 438 g/mol. The fourth-order valence-corrected chi connectivity index (χ4v) is 4.26. The molecule has 1 aliphatic carbocycles. The van der Waals surface area contributed by atoms with Crippen molar-refractivity contribution in [2.45, 2.75) is 89.9 Å². The summed E-state index contributed by atoms with van der Waals surface area (Å²) in [6.07, 6.45) is 11.8. The maximum absolute atomic E-state index is 11.7. The number of ether oxygens (including phenoxy) is 3. The molecule has 1 heterocycles. The van der Waals surface area contributed by atoms with E-state index in [2.05, 4.69) is 6.92 Å². The summed E-state index contributed by atoms with van der Waals surface area (Å²) in [6, 6.07) is 0. The number of allylic oxidation sites excluding steroid dienone is 2. The predicted molar refractivity (Wildman–Crippen MR) is 116 cm³/mol. The van der Waals surface area contributed by atoms with E-state index in [0.717, 1.165) is 37.9 Å². The van der Waals surface area contributed by atoms with Gasteiger partial charge in [-0.3, -0.25) is 4.79 Å². The third-order valence-electron chi connectivity index (χ3n) is 5.90. The molecule has 0 unspecified atom stereocenters. The van der Waals surface area contributed by atoms with Crippen molar-refractivity contribution in [3.05, 3.63) is 24.0 Å². The molecule has 176 valence electrons. The molecule has 1 saturated carbocycles. The van der Waals surface area contributed by atoms with E-state index in [1.165, 1.54) is 0 Å². The number of fused-ring (bicyclic) bond motifs is 1. The van der Waals surface area contributed by atoms with E-state index in [-0.39, 0.29) is 37.6 Å². The average Bonchev–Trinajstić information content (AvgIpc) is 3.25. The summed E-state index contributed by atoms with van der Waals surface area (Å²) in [6.45, 7) is 3.76. The Morgan fingerprint density at radius 1 is 1.19 bits per heavy atom. The number of hydrogen-bond donors (Lipinski definition) is 2. The lowest BCUT2D eigenvalue weighted by Crippen LogP contribution is -2.18. The van der Waals surface area contributed by atoms with Crippen LogP contribution in [0.2, 0.25) is 0 Å². The Hall–Kier alpha value is -1.86. The van der Waals surface area contributed by atoms with Gasteiger partial charge in [-0.05, 0) is 32.3 Å². The molecule has 0 spiro atoms. The van der Waals surface area contributed by atoms with Gasteiger partial charge < -0.3 is 24.4 Å². The number of hydrogen-bond acceptors (Lipinski definition) is 7. The lowest BCUT2D eigenvalue weighted by atomic mass is 9.90. The van der Waals surface area contributed by atoms with Gasteiger partial charge in [-0.25, -0.2) is 4.79 Å². The van der Waals surface area contributed by atoms with Gasteiger partial charge in [0.05, 0.1) is 24.6 Å². The molecular weight excluding hydrogens is 400 g/mol. The maximum atomic E-state index is 11.7. The lowest BCUT2D eigenvalue weighted by molar-refractivity contribution is -0.158. The van der Waals surface area contributed by atoms with Crippen molar-refractivity contribution in [1.29, 1.82) is 0 Å². The van der Waals surface area contributed by atoms with Crippen molar-refractivity contribution < 1.29 is 34.0 Å². The predicted octanol–water partition coefficient (Wildman–Crippen LogP) is 3.43. The molecule has 2 N–H and O–H groups in total. The van der Waals surface area contributed by atoms with Crippen LogP contribution < -0.4 is 0 Å². The highest BCUT2D eigenvalue weighted by molar-refractivity contribution is 5.76. The van der Waals surface area contributed by atoms with Gasteiger partial charge in [0.1, 0.15) is 6.10 Å². The molecule has 1 aliphatic heterocycles. The van der Waals surface area contributed by atoms with Crippen molar-refractivity contribution in [3.8, 4) is 0 Å². The largest absolute Gasteiger partial charge is 0.495 e. The molecule has 0 bridgehead atoms. The van der Waals surface area contributed by atoms with Crippen molar-refractivity contribution in [2.24, 2.45) is 11.8 Å². The van der Waals surface area contributed by atoms with E-state index in [0.29, 0.717) is 19.3 Å². The van der Waals surface area contributed by atoms with E-state index in [4.69, 9.17) is 14.2 Å². The van der Waals surface area contributed by atoms with Crippen LogP contribution in [-0.4, -0.2) is 53.7 Å². The summed E-state index contributed by atoms with van der Waals surface area (Å²) < 4.78 is 15.6. The molecule has 2 fully saturated rings. The second kappa shape index (κ2) is 13.5. The van der Waals surface area contributed by atoms with E-state index < -0.39 is 24.1 Å². The van der Waals surface area contributed by atoms with Crippen LogP contribution in [0.5, 0.6) is 0 Å². The standard InChI is InChI=1S/C24H38O7/c1-3-5-6-9-17(25)12-13-19-20-14-18(31-22(20)15-21(19)26)10-7-8-11-23(27)30-16-24(28)29-4-2/h10,12-13,17,19-22,25-26H,3-9,11,14-16H2,1-2H3/b13-12+,18-10-/t17-,19+,20+,21+,22-/m0/s1. The quantitative estimate of drug-likeness (QED) is 0.258. The highest BCUT2D eigenvalue weighted by Crippen LogP contribution is 2.45. The molecule has 0 radical (unpaired) electrons. The van der Waals surface area contributed by atoms with Gasteiger partial charge in [0.2, 0.25) is 0 Å². The number of carbonyl (C=O) groups excluding carboxylic acids is 2. The number of carbonyl (C=O) groups is 2. The van der Waals surface area contributed by atoms with Gasteiger partial charge in [-0.2, -0.15) is 0 Å². The summed E-state index contributed by atoms with van der Waals surface area (Å²) in [5.41, 5.74) is 0. The highest BCUT2D eigenvalue weighted by atomic mass is 16.6. The van der Waals surface area contributed by atoms with Crippen LogP contribution >= 0.6 is 0 Å². The van der Waals surface area contributed by atoms with Crippen LogP contribution in [0.3, 0.4) is 0 Å². The van der Waals surface area contributed by atoms with Crippen molar-refractivity contribution >= 4 is 11.9 Å². The lowest BCUT2D eigenvalue weighted by Gasteiger charge is -2.16. The van der Waals surface area contributed by atoms with E-state index in [1.807, 2.05) is 18.2 Å². The summed E-state index contributed by atoms with van der Waals surface area (Å²) in [5, 5.41) is 20.5. The summed E-state index contributed by atoms with van der Waals surface area (Å²) in [4.78, 5) is 22.8. The van der Waals surface area contributed by atoms with Gasteiger partial charge in [-0.1, -0.05) is 38.3 Å². The molecule has 2 aliphatic rings. The first-order valence-corrected chi connectivity index (χ1v) is 11.7. The third kappa shape index (κ3) is 8.65. The minimum absolute atomic E-state index is 0.00248. The molecule has 7 nitrogen and oxygen atoms in total. The first-order valence-electron chi connectivity index (χ1n) is 11.7. The fraction of sp³-hybridized carbons (Fsp3) is 0.750. The topological polar surface area (TPSA) is 102 Å². The van der Waals surface area contributed by atoms with Crippen LogP contribution in [0, 0.1) is 11.8 Å². The zero-order valence-electron chi connectivity index (χ0n) is 18.8. The average molecular weight is 439 g/mol. The number of aliphatic hydroxyl groups excluding tert-OH is 2. The van der Waals surface area contributed by atoms with Gasteiger partial charge in [0, 0.05) is 31.1 Å². The van der Waals surface area contributed by atoms with Crippen LogP contribution in [0.1, 0.15) is 71.6 Å².